The highest BCUT2D eigenvalue weighted by molar-refractivity contribution is 5.93. The molecule has 1 atom stereocenters. The topological polar surface area (TPSA) is 168 Å². The number of anilines is 2. The van der Waals surface area contributed by atoms with Gasteiger partial charge in [-0.25, -0.2) is 4.98 Å². The van der Waals surface area contributed by atoms with Gasteiger partial charge in [-0.2, -0.15) is 5.10 Å². The van der Waals surface area contributed by atoms with Crippen LogP contribution >= 0.6 is 0 Å². The number of nitrogens with two attached hydrogens (primary N) is 2. The van der Waals surface area contributed by atoms with Crippen molar-refractivity contribution in [3.05, 3.63) is 95.9 Å². The van der Waals surface area contributed by atoms with Gasteiger partial charge in [-0.05, 0) is 67.5 Å². The van der Waals surface area contributed by atoms with E-state index in [1.54, 1.807) is 6.20 Å². The second-order valence-electron chi connectivity index (χ2n) is 11.6. The summed E-state index contributed by atoms with van der Waals surface area (Å²) in [7, 11) is 0. The van der Waals surface area contributed by atoms with E-state index in [0.29, 0.717) is 36.2 Å². The number of hydrogen-bond donors (Lipinski definition) is 6. The molecule has 6 rings (SSSR count). The van der Waals surface area contributed by atoms with Crippen LogP contribution in [0.3, 0.4) is 0 Å². The summed E-state index contributed by atoms with van der Waals surface area (Å²) in [6, 6.07) is 22.8. The van der Waals surface area contributed by atoms with Crippen LogP contribution in [0.4, 0.5) is 11.5 Å². The van der Waals surface area contributed by atoms with E-state index in [0.717, 1.165) is 59.0 Å². The average Bonchev–Trinajstić information content (AvgIpc) is 3.69. The van der Waals surface area contributed by atoms with E-state index in [9.17, 15) is 9.59 Å². The molecule has 0 radical (unpaired) electrons. The molecule has 8 N–H and O–H groups in total. The van der Waals surface area contributed by atoms with Gasteiger partial charge in [-0.15, -0.1) is 0 Å². The fourth-order valence-electron chi connectivity index (χ4n) is 6.05. The number of aromatic nitrogens is 4. The highest BCUT2D eigenvalue weighted by Gasteiger charge is 2.29. The molecular weight excluding hydrogens is 552 g/mol. The number of fused-ring (bicyclic) bond motifs is 1. The zero-order valence-electron chi connectivity index (χ0n) is 24.6. The molecule has 10 heteroatoms. The summed E-state index contributed by atoms with van der Waals surface area (Å²) in [5.74, 6) is 1.42. The monoisotopic (exact) mass is 590 g/mol. The van der Waals surface area contributed by atoms with E-state index >= 15 is 0 Å². The number of rotatable bonds is 10. The molecule has 1 aliphatic carbocycles. The standard InChI is InChI=1S/C34H38N8O2/c35-19-22-10-12-23(13-11-22)34(44)40-29(33-37-20-30(39-33)25-14-15-26-28(17-25)41-42-32(26)36)18-24-8-4-5-9-27(24)38-31(43)16-21-6-2-1-3-7-21/h1-9,14-15,17,20,22-23,29H,10-13,16,18-19,35H2,(H,37,39)(H,38,43)(H,40,44)(H3,36,41,42)/t22?,23?,29-/m0/s1. The van der Waals surface area contributed by atoms with Crippen LogP contribution < -0.4 is 22.1 Å². The normalized spacial score (nSPS) is 17.3. The number of nitrogen functional groups attached to an aromatic ring is 1. The number of amides is 2. The summed E-state index contributed by atoms with van der Waals surface area (Å²) >= 11 is 0. The molecule has 0 aliphatic heterocycles. The van der Waals surface area contributed by atoms with Crippen LogP contribution in [0.5, 0.6) is 0 Å². The zero-order chi connectivity index (χ0) is 30.5. The first-order valence-corrected chi connectivity index (χ1v) is 15.2. The van der Waals surface area contributed by atoms with E-state index in [1.165, 1.54) is 0 Å². The lowest BCUT2D eigenvalue weighted by atomic mass is 9.81. The number of para-hydroxylation sites is 1. The Morgan fingerprint density at radius 1 is 0.977 bits per heavy atom. The Morgan fingerprint density at radius 3 is 2.55 bits per heavy atom. The number of nitrogens with one attached hydrogen (secondary N) is 4. The van der Waals surface area contributed by atoms with Gasteiger partial charge in [-0.3, -0.25) is 14.7 Å². The van der Waals surface area contributed by atoms with Crippen molar-refractivity contribution in [3.8, 4) is 11.3 Å². The van der Waals surface area contributed by atoms with Crippen molar-refractivity contribution in [1.82, 2.24) is 25.5 Å². The van der Waals surface area contributed by atoms with Gasteiger partial charge in [0.05, 0.1) is 29.9 Å². The molecule has 0 unspecified atom stereocenters. The van der Waals surface area contributed by atoms with Gasteiger partial charge in [0.25, 0.3) is 0 Å². The van der Waals surface area contributed by atoms with Crippen LogP contribution in [0.15, 0.2) is 79.0 Å². The van der Waals surface area contributed by atoms with Crippen molar-refractivity contribution >= 4 is 34.2 Å². The van der Waals surface area contributed by atoms with Gasteiger partial charge >= 0.3 is 0 Å². The van der Waals surface area contributed by atoms with E-state index in [1.807, 2.05) is 72.8 Å². The summed E-state index contributed by atoms with van der Waals surface area (Å²) in [6.45, 7) is 0.663. The second kappa shape index (κ2) is 13.1. The van der Waals surface area contributed by atoms with Crippen LogP contribution in [0.1, 0.15) is 48.7 Å². The largest absolute Gasteiger partial charge is 0.382 e. The SMILES string of the molecule is NCC1CCC(C(=O)N[C@@H](Cc2ccccc2NC(=O)Cc2ccccc2)c2ncc(-c3ccc4c(N)n[nH]c4c3)[nH]2)CC1. The highest BCUT2D eigenvalue weighted by Crippen LogP contribution is 2.31. The molecule has 0 bridgehead atoms. The Bertz CT molecular complexity index is 1740. The number of carbonyl (C=O) groups is 2. The van der Waals surface area contributed by atoms with Crippen molar-refractivity contribution in [2.45, 2.75) is 44.6 Å². The smallest absolute Gasteiger partial charge is 0.228 e. The molecule has 44 heavy (non-hydrogen) atoms. The van der Waals surface area contributed by atoms with Gasteiger partial charge in [0.2, 0.25) is 11.8 Å². The van der Waals surface area contributed by atoms with Crippen LogP contribution in [0, 0.1) is 11.8 Å². The lowest BCUT2D eigenvalue weighted by molar-refractivity contribution is -0.127. The summed E-state index contributed by atoms with van der Waals surface area (Å²) in [4.78, 5) is 34.7. The predicted octanol–water partition coefficient (Wildman–Crippen LogP) is 4.88. The number of H-pyrrole nitrogens is 2. The van der Waals surface area contributed by atoms with Gasteiger partial charge in [0.1, 0.15) is 5.82 Å². The molecule has 10 nitrogen and oxygen atoms in total. The molecule has 2 amide bonds. The van der Waals surface area contributed by atoms with Crippen LogP contribution in [0.2, 0.25) is 0 Å². The molecular formula is C34H38N8O2. The fraction of sp³-hybridized carbons (Fsp3) is 0.294. The predicted molar refractivity (Wildman–Crippen MR) is 172 cm³/mol. The maximum atomic E-state index is 13.6. The zero-order valence-corrected chi connectivity index (χ0v) is 24.6. The molecule has 1 aliphatic rings. The van der Waals surface area contributed by atoms with Crippen LogP contribution in [-0.2, 0) is 22.4 Å². The van der Waals surface area contributed by atoms with Crippen LogP contribution in [-0.4, -0.2) is 38.5 Å². The van der Waals surface area contributed by atoms with Crippen LogP contribution in [0.25, 0.3) is 22.2 Å². The third-order valence-electron chi connectivity index (χ3n) is 8.62. The van der Waals surface area contributed by atoms with E-state index in [2.05, 4.69) is 25.8 Å². The Labute approximate surface area is 256 Å². The third kappa shape index (κ3) is 6.65. The number of hydrogen-bond acceptors (Lipinski definition) is 6. The minimum Gasteiger partial charge on any atom is -0.382 e. The van der Waals surface area contributed by atoms with Gasteiger partial charge in [0.15, 0.2) is 5.82 Å². The number of aromatic amines is 2. The Hall–Kier alpha value is -4.96. The molecule has 226 valence electrons. The summed E-state index contributed by atoms with van der Waals surface area (Å²) in [5.41, 5.74) is 16.9. The number of imidazole rings is 1. The van der Waals surface area contributed by atoms with Gasteiger partial charge in [-0.1, -0.05) is 54.6 Å². The van der Waals surface area contributed by atoms with Crippen molar-refractivity contribution in [3.63, 3.8) is 0 Å². The van der Waals surface area contributed by atoms with Gasteiger partial charge < -0.3 is 27.1 Å². The summed E-state index contributed by atoms with van der Waals surface area (Å²) < 4.78 is 0. The van der Waals surface area contributed by atoms with Crippen molar-refractivity contribution in [1.29, 1.82) is 0 Å². The lowest BCUT2D eigenvalue weighted by Gasteiger charge is -2.28. The molecule has 2 aromatic heterocycles. The lowest BCUT2D eigenvalue weighted by Crippen LogP contribution is -2.37. The molecule has 3 aromatic carbocycles. The first-order valence-electron chi connectivity index (χ1n) is 15.2. The van der Waals surface area contributed by atoms with Crippen molar-refractivity contribution in [2.24, 2.45) is 17.6 Å². The average molecular weight is 591 g/mol. The summed E-state index contributed by atoms with van der Waals surface area (Å²) in [6.07, 6.45) is 6.05. The first kappa shape index (κ1) is 29.1. The van der Waals surface area contributed by atoms with E-state index in [4.69, 9.17) is 16.5 Å². The Morgan fingerprint density at radius 2 is 1.75 bits per heavy atom. The van der Waals surface area contributed by atoms with Gasteiger partial charge in [0, 0.05) is 29.0 Å². The third-order valence-corrected chi connectivity index (χ3v) is 8.62. The number of benzene rings is 3. The maximum Gasteiger partial charge on any atom is 0.228 e. The Kier molecular flexibility index (Phi) is 8.69. The van der Waals surface area contributed by atoms with E-state index in [-0.39, 0.29) is 24.2 Å². The number of nitrogens with zero attached hydrogens (tertiary/aromatic N) is 2. The Balaban J connectivity index is 1.25. The first-order chi connectivity index (χ1) is 21.5. The quantitative estimate of drug-likeness (QED) is 0.135. The number of carbonyl (C=O) groups excluding carboxylic acids is 2. The highest BCUT2D eigenvalue weighted by atomic mass is 16.2. The molecule has 0 saturated heterocycles. The molecule has 5 aromatic rings. The second-order valence-corrected chi connectivity index (χ2v) is 11.6. The molecule has 0 spiro atoms. The van der Waals surface area contributed by atoms with Crippen molar-refractivity contribution < 1.29 is 9.59 Å². The fourth-order valence-corrected chi connectivity index (χ4v) is 6.05. The maximum absolute atomic E-state index is 13.6. The minimum atomic E-state index is -0.442. The molecule has 1 saturated carbocycles. The summed E-state index contributed by atoms with van der Waals surface area (Å²) in [5, 5.41) is 14.3. The minimum absolute atomic E-state index is 0.0170. The van der Waals surface area contributed by atoms with Crippen molar-refractivity contribution in [2.75, 3.05) is 17.6 Å². The van der Waals surface area contributed by atoms with E-state index < -0.39 is 6.04 Å². The molecule has 2 heterocycles. The molecule has 1 fully saturated rings.